The third-order valence-electron chi connectivity index (χ3n) is 3.12. The number of hydrogen-bond acceptors (Lipinski definition) is 5. The number of benzene rings is 2. The fraction of sp³-hybridized carbons (Fsp3) is 0.0667. The Morgan fingerprint density at radius 1 is 0.850 bits per heavy atom. The Hall–Kier alpha value is -2.82. The lowest BCUT2D eigenvalue weighted by Gasteiger charge is -2.02. The van der Waals surface area contributed by atoms with Crippen LogP contribution in [0.25, 0.3) is 11.0 Å². The largest absolute Gasteiger partial charge is 0.508 e. The summed E-state index contributed by atoms with van der Waals surface area (Å²) in [5.41, 5.74) is 1.07. The number of fused-ring (bicyclic) bond motifs is 1. The minimum atomic E-state index is -0.226. The molecule has 0 spiro atoms. The van der Waals surface area contributed by atoms with E-state index in [9.17, 15) is 20.4 Å². The average Bonchev–Trinajstić information content (AvgIpc) is 2.70. The van der Waals surface area contributed by atoms with Gasteiger partial charge in [0.05, 0.1) is 5.39 Å². The van der Waals surface area contributed by atoms with Crippen LogP contribution in [0.5, 0.6) is 23.0 Å². The Kier molecular flexibility index (Phi) is 2.68. The van der Waals surface area contributed by atoms with Crippen molar-refractivity contribution in [1.82, 2.24) is 0 Å². The van der Waals surface area contributed by atoms with Gasteiger partial charge in [-0.3, -0.25) is 0 Å². The lowest BCUT2D eigenvalue weighted by atomic mass is 10.1. The zero-order chi connectivity index (χ0) is 14.3. The number of hydrogen-bond donors (Lipinski definition) is 4. The summed E-state index contributed by atoms with van der Waals surface area (Å²) in [6.07, 6.45) is 0.259. The van der Waals surface area contributed by atoms with Crippen LogP contribution in [0.3, 0.4) is 0 Å². The maximum Gasteiger partial charge on any atom is 0.165 e. The van der Waals surface area contributed by atoms with Crippen molar-refractivity contribution in [2.24, 2.45) is 0 Å². The zero-order valence-electron chi connectivity index (χ0n) is 10.4. The van der Waals surface area contributed by atoms with Gasteiger partial charge in [0.25, 0.3) is 0 Å². The first kappa shape index (κ1) is 12.2. The van der Waals surface area contributed by atoms with Gasteiger partial charge >= 0.3 is 0 Å². The van der Waals surface area contributed by atoms with E-state index in [4.69, 9.17) is 4.42 Å². The molecule has 102 valence electrons. The second kappa shape index (κ2) is 4.38. The molecule has 0 amide bonds. The number of furan rings is 1. The third kappa shape index (κ3) is 1.99. The van der Waals surface area contributed by atoms with E-state index in [1.165, 1.54) is 24.3 Å². The van der Waals surface area contributed by atoms with Crippen molar-refractivity contribution < 1.29 is 24.8 Å². The van der Waals surface area contributed by atoms with Crippen LogP contribution in [0.15, 0.2) is 40.8 Å². The maximum atomic E-state index is 10.1. The smallest absolute Gasteiger partial charge is 0.165 e. The first-order valence-electron chi connectivity index (χ1n) is 5.99. The highest BCUT2D eigenvalue weighted by atomic mass is 16.4. The van der Waals surface area contributed by atoms with Gasteiger partial charge < -0.3 is 24.8 Å². The molecular formula is C15H12O5. The van der Waals surface area contributed by atoms with Crippen LogP contribution < -0.4 is 0 Å². The molecule has 0 fully saturated rings. The molecule has 2 aromatic carbocycles. The minimum Gasteiger partial charge on any atom is -0.508 e. The van der Waals surface area contributed by atoms with Crippen LogP contribution in [0.4, 0.5) is 0 Å². The summed E-state index contributed by atoms with van der Waals surface area (Å²) in [7, 11) is 0. The van der Waals surface area contributed by atoms with E-state index < -0.39 is 0 Å². The normalized spacial score (nSPS) is 11.0. The fourth-order valence-electron chi connectivity index (χ4n) is 2.11. The van der Waals surface area contributed by atoms with Gasteiger partial charge in [-0.2, -0.15) is 0 Å². The number of phenols is 3. The third-order valence-corrected chi connectivity index (χ3v) is 3.12. The van der Waals surface area contributed by atoms with Crippen molar-refractivity contribution in [2.75, 3.05) is 0 Å². The van der Waals surface area contributed by atoms with Gasteiger partial charge in [-0.15, -0.1) is 0 Å². The van der Waals surface area contributed by atoms with Gasteiger partial charge in [0.15, 0.2) is 23.0 Å². The van der Waals surface area contributed by atoms with E-state index in [2.05, 4.69) is 0 Å². The number of phenolic OH excluding ortho intramolecular Hbond substituents is 3. The topological polar surface area (TPSA) is 94.1 Å². The second-order valence-electron chi connectivity index (χ2n) is 4.55. The van der Waals surface area contributed by atoms with Crippen molar-refractivity contribution in [3.63, 3.8) is 0 Å². The van der Waals surface area contributed by atoms with Crippen molar-refractivity contribution >= 4 is 11.0 Å². The lowest BCUT2D eigenvalue weighted by molar-refractivity contribution is 0.403. The van der Waals surface area contributed by atoms with E-state index in [-0.39, 0.29) is 29.4 Å². The summed E-state index contributed by atoms with van der Waals surface area (Å²) < 4.78 is 5.50. The molecule has 0 bridgehead atoms. The molecule has 0 aliphatic carbocycles. The van der Waals surface area contributed by atoms with Crippen molar-refractivity contribution in [1.29, 1.82) is 0 Å². The van der Waals surface area contributed by atoms with E-state index in [1.54, 1.807) is 12.1 Å². The first-order valence-corrected chi connectivity index (χ1v) is 5.99. The number of aromatic hydroxyl groups is 4. The van der Waals surface area contributed by atoms with Crippen molar-refractivity contribution in [3.8, 4) is 23.0 Å². The fourth-order valence-corrected chi connectivity index (χ4v) is 2.11. The van der Waals surface area contributed by atoms with Crippen LogP contribution in [0, 0.1) is 0 Å². The summed E-state index contributed by atoms with van der Waals surface area (Å²) >= 11 is 0. The van der Waals surface area contributed by atoms with Gasteiger partial charge in [0, 0.05) is 12.5 Å². The van der Waals surface area contributed by atoms with Crippen molar-refractivity contribution in [2.45, 2.75) is 6.42 Å². The molecule has 4 N–H and O–H groups in total. The Morgan fingerprint density at radius 2 is 1.65 bits per heavy atom. The first-order chi connectivity index (χ1) is 9.54. The maximum absolute atomic E-state index is 10.1. The standard InChI is InChI=1S/C15H12O5/c16-9-2-3-10-13(7-9)20-14(15(10)19)6-8-1-4-11(17)12(18)5-8/h1-5,7,16-19H,6H2. The molecule has 0 saturated carbocycles. The SMILES string of the molecule is Oc1ccc2c(O)c(Cc3ccc(O)c(O)c3)oc2c1. The summed E-state index contributed by atoms with van der Waals surface area (Å²) in [5, 5.41) is 38.7. The molecule has 0 atom stereocenters. The molecule has 0 radical (unpaired) electrons. The van der Waals surface area contributed by atoms with Crippen LogP contribution in [0.2, 0.25) is 0 Å². The molecule has 5 nitrogen and oxygen atoms in total. The minimum absolute atomic E-state index is 0.00700. The summed E-state index contributed by atoms with van der Waals surface area (Å²) in [5.74, 6) is -0.0356. The Bertz CT molecular complexity index is 788. The van der Waals surface area contributed by atoms with Crippen LogP contribution in [-0.4, -0.2) is 20.4 Å². The van der Waals surface area contributed by atoms with E-state index in [0.29, 0.717) is 22.3 Å². The van der Waals surface area contributed by atoms with E-state index >= 15 is 0 Å². The molecule has 5 heteroatoms. The highest BCUT2D eigenvalue weighted by Gasteiger charge is 2.14. The van der Waals surface area contributed by atoms with Gasteiger partial charge in [0.2, 0.25) is 0 Å². The Balaban J connectivity index is 2.02. The Morgan fingerprint density at radius 3 is 2.40 bits per heavy atom. The molecule has 3 aromatic rings. The van der Waals surface area contributed by atoms with Crippen molar-refractivity contribution in [3.05, 3.63) is 47.7 Å². The van der Waals surface area contributed by atoms with Gasteiger partial charge in [0.1, 0.15) is 11.3 Å². The monoisotopic (exact) mass is 272 g/mol. The molecule has 20 heavy (non-hydrogen) atoms. The summed E-state index contributed by atoms with van der Waals surface area (Å²) in [6.45, 7) is 0. The zero-order valence-corrected chi connectivity index (χ0v) is 10.4. The molecular weight excluding hydrogens is 260 g/mol. The molecule has 3 rings (SSSR count). The average molecular weight is 272 g/mol. The predicted octanol–water partition coefficient (Wildman–Crippen LogP) is 2.85. The quantitative estimate of drug-likeness (QED) is 0.538. The van der Waals surface area contributed by atoms with Crippen LogP contribution >= 0.6 is 0 Å². The van der Waals surface area contributed by atoms with Gasteiger partial charge in [-0.25, -0.2) is 0 Å². The summed E-state index contributed by atoms with van der Waals surface area (Å²) in [4.78, 5) is 0. The number of rotatable bonds is 2. The van der Waals surface area contributed by atoms with E-state index in [0.717, 1.165) is 0 Å². The van der Waals surface area contributed by atoms with Gasteiger partial charge in [-0.05, 0) is 29.8 Å². The molecule has 0 unspecified atom stereocenters. The predicted molar refractivity (Wildman–Crippen MR) is 72.1 cm³/mol. The van der Waals surface area contributed by atoms with Crippen LogP contribution in [0.1, 0.15) is 11.3 Å². The lowest BCUT2D eigenvalue weighted by Crippen LogP contribution is -1.86. The highest BCUT2D eigenvalue weighted by Crippen LogP contribution is 2.36. The second-order valence-corrected chi connectivity index (χ2v) is 4.55. The van der Waals surface area contributed by atoms with E-state index in [1.807, 2.05) is 0 Å². The molecule has 1 heterocycles. The highest BCUT2D eigenvalue weighted by molar-refractivity contribution is 5.86. The summed E-state index contributed by atoms with van der Waals surface area (Å²) in [6, 6.07) is 8.86. The Labute approximate surface area is 114 Å². The molecule has 1 aromatic heterocycles. The molecule has 0 aliphatic heterocycles. The molecule has 0 aliphatic rings. The van der Waals surface area contributed by atoms with Crippen LogP contribution in [-0.2, 0) is 6.42 Å². The molecule has 0 saturated heterocycles. The van der Waals surface area contributed by atoms with Gasteiger partial charge in [-0.1, -0.05) is 6.07 Å².